The fourth-order valence-electron chi connectivity index (χ4n) is 3.63. The topological polar surface area (TPSA) is 47.0 Å². The van der Waals surface area contributed by atoms with E-state index in [-0.39, 0.29) is 0 Å². The van der Waals surface area contributed by atoms with Crippen LogP contribution >= 0.6 is 11.3 Å². The second-order valence-electron chi connectivity index (χ2n) is 7.48. The van der Waals surface area contributed by atoms with Crippen molar-refractivity contribution in [2.75, 3.05) is 19.0 Å². The summed E-state index contributed by atoms with van der Waals surface area (Å²) in [5.41, 5.74) is 3.46. The van der Waals surface area contributed by atoms with Crippen molar-refractivity contribution in [2.24, 2.45) is 0 Å². The molecule has 5 heteroatoms. The molecular formula is C27H23N3OS. The number of aromatic nitrogens is 2. The standard InChI is InChI=1S/C27H23N3OS/c1-31-22-14-12-19(13-15-22)16-17-28-26-23-18-24(20-8-4-2-5-9-20)32-27(23)30-25(29-26)21-10-6-3-7-11-21/h2-15,18H,16-17H2,1H3,(H,28,29,30). The van der Waals surface area contributed by atoms with Crippen molar-refractivity contribution in [1.29, 1.82) is 0 Å². The number of hydrogen-bond acceptors (Lipinski definition) is 5. The van der Waals surface area contributed by atoms with Crippen LogP contribution in [0.1, 0.15) is 5.56 Å². The van der Waals surface area contributed by atoms with Gasteiger partial charge in [0.2, 0.25) is 0 Å². The maximum Gasteiger partial charge on any atom is 0.163 e. The van der Waals surface area contributed by atoms with E-state index in [1.807, 2.05) is 48.5 Å². The van der Waals surface area contributed by atoms with Gasteiger partial charge in [0.15, 0.2) is 5.82 Å². The largest absolute Gasteiger partial charge is 0.497 e. The molecule has 4 nitrogen and oxygen atoms in total. The molecule has 0 aliphatic carbocycles. The summed E-state index contributed by atoms with van der Waals surface area (Å²) in [6, 6.07) is 31.0. The van der Waals surface area contributed by atoms with Crippen LogP contribution in [0.25, 0.3) is 32.0 Å². The zero-order chi connectivity index (χ0) is 21.8. The van der Waals surface area contributed by atoms with Crippen molar-refractivity contribution in [1.82, 2.24) is 9.97 Å². The number of benzene rings is 3. The van der Waals surface area contributed by atoms with Crippen LogP contribution in [-0.4, -0.2) is 23.6 Å². The lowest BCUT2D eigenvalue weighted by Crippen LogP contribution is -2.07. The van der Waals surface area contributed by atoms with E-state index < -0.39 is 0 Å². The van der Waals surface area contributed by atoms with E-state index in [0.29, 0.717) is 0 Å². The molecule has 0 saturated carbocycles. The van der Waals surface area contributed by atoms with Gasteiger partial charge in [-0.1, -0.05) is 72.8 Å². The number of nitrogens with one attached hydrogen (secondary N) is 1. The highest BCUT2D eigenvalue weighted by Gasteiger charge is 2.14. The predicted octanol–water partition coefficient (Wildman–Crippen LogP) is 6.69. The first-order valence-corrected chi connectivity index (χ1v) is 11.4. The smallest absolute Gasteiger partial charge is 0.163 e. The summed E-state index contributed by atoms with van der Waals surface area (Å²) in [6.45, 7) is 0.781. The van der Waals surface area contributed by atoms with Crippen molar-refractivity contribution >= 4 is 27.4 Å². The molecule has 0 spiro atoms. The highest BCUT2D eigenvalue weighted by atomic mass is 32.1. The average Bonchev–Trinajstić information content (AvgIpc) is 3.30. The Hall–Kier alpha value is -3.70. The van der Waals surface area contributed by atoms with Crippen LogP contribution in [0.4, 0.5) is 5.82 Å². The molecule has 1 N–H and O–H groups in total. The third-order valence-electron chi connectivity index (χ3n) is 5.35. The Labute approximate surface area is 191 Å². The number of nitrogens with zero attached hydrogens (tertiary/aromatic N) is 2. The zero-order valence-corrected chi connectivity index (χ0v) is 18.6. The molecule has 5 aromatic rings. The molecule has 0 bridgehead atoms. The van der Waals surface area contributed by atoms with E-state index in [4.69, 9.17) is 14.7 Å². The van der Waals surface area contributed by atoms with Crippen LogP contribution in [0.3, 0.4) is 0 Å². The second kappa shape index (κ2) is 9.20. The van der Waals surface area contributed by atoms with Gasteiger partial charge in [-0.2, -0.15) is 0 Å². The average molecular weight is 438 g/mol. The molecule has 0 amide bonds. The van der Waals surface area contributed by atoms with Gasteiger partial charge in [0.1, 0.15) is 16.4 Å². The number of thiophene rings is 1. The lowest BCUT2D eigenvalue weighted by molar-refractivity contribution is 0.414. The summed E-state index contributed by atoms with van der Waals surface area (Å²) >= 11 is 1.70. The summed E-state index contributed by atoms with van der Waals surface area (Å²) in [7, 11) is 1.69. The lowest BCUT2D eigenvalue weighted by Gasteiger charge is -2.09. The Morgan fingerprint density at radius 3 is 2.19 bits per heavy atom. The SMILES string of the molecule is COc1ccc(CCNc2nc(-c3ccccc3)nc3sc(-c4ccccc4)cc23)cc1. The van der Waals surface area contributed by atoms with Crippen LogP contribution in [0, 0.1) is 0 Å². The van der Waals surface area contributed by atoms with Crippen LogP contribution < -0.4 is 10.1 Å². The molecule has 3 aromatic carbocycles. The fourth-order valence-corrected chi connectivity index (χ4v) is 4.67. The molecule has 0 atom stereocenters. The monoisotopic (exact) mass is 437 g/mol. The molecular weight excluding hydrogens is 414 g/mol. The van der Waals surface area contributed by atoms with Crippen molar-refractivity contribution in [2.45, 2.75) is 6.42 Å². The van der Waals surface area contributed by atoms with Crippen LogP contribution in [0.5, 0.6) is 5.75 Å². The molecule has 5 rings (SSSR count). The molecule has 0 aliphatic heterocycles. The maximum atomic E-state index is 5.25. The summed E-state index contributed by atoms with van der Waals surface area (Å²) in [4.78, 5) is 12.0. The van der Waals surface area contributed by atoms with Crippen LogP contribution in [0.2, 0.25) is 0 Å². The predicted molar refractivity (Wildman–Crippen MR) is 133 cm³/mol. The highest BCUT2D eigenvalue weighted by Crippen LogP contribution is 2.36. The molecule has 2 aromatic heterocycles. The first kappa shape index (κ1) is 20.2. The Bertz CT molecular complexity index is 1320. The Kier molecular flexibility index (Phi) is 5.81. The van der Waals surface area contributed by atoms with Gasteiger partial charge < -0.3 is 10.1 Å². The summed E-state index contributed by atoms with van der Waals surface area (Å²) in [6.07, 6.45) is 0.895. The number of anilines is 1. The molecule has 0 radical (unpaired) electrons. The minimum atomic E-state index is 0.742. The quantitative estimate of drug-likeness (QED) is 0.308. The first-order valence-electron chi connectivity index (χ1n) is 10.6. The molecule has 0 unspecified atom stereocenters. The van der Waals surface area contributed by atoms with E-state index >= 15 is 0 Å². The number of fused-ring (bicyclic) bond motifs is 1. The minimum absolute atomic E-state index is 0.742. The third-order valence-corrected chi connectivity index (χ3v) is 6.43. The van der Waals surface area contributed by atoms with E-state index in [1.54, 1.807) is 18.4 Å². The van der Waals surface area contributed by atoms with Crippen LogP contribution in [-0.2, 0) is 6.42 Å². The minimum Gasteiger partial charge on any atom is -0.497 e. The van der Waals surface area contributed by atoms with E-state index in [2.05, 4.69) is 47.8 Å². The van der Waals surface area contributed by atoms with Gasteiger partial charge in [0, 0.05) is 17.0 Å². The van der Waals surface area contributed by atoms with Gasteiger partial charge in [-0.05, 0) is 35.7 Å². The lowest BCUT2D eigenvalue weighted by atomic mass is 10.1. The fraction of sp³-hybridized carbons (Fsp3) is 0.111. The van der Waals surface area contributed by atoms with E-state index in [0.717, 1.165) is 46.1 Å². The summed E-state index contributed by atoms with van der Waals surface area (Å²) < 4.78 is 5.25. The van der Waals surface area contributed by atoms with Crippen molar-refractivity contribution in [3.05, 3.63) is 96.6 Å². The molecule has 0 fully saturated rings. The summed E-state index contributed by atoms with van der Waals surface area (Å²) in [5.74, 6) is 2.49. The van der Waals surface area contributed by atoms with Gasteiger partial charge in [-0.3, -0.25) is 0 Å². The van der Waals surface area contributed by atoms with Gasteiger partial charge in [-0.25, -0.2) is 9.97 Å². The van der Waals surface area contributed by atoms with Gasteiger partial charge in [0.25, 0.3) is 0 Å². The third kappa shape index (κ3) is 4.34. The number of rotatable bonds is 7. The first-order chi connectivity index (χ1) is 15.8. The van der Waals surface area contributed by atoms with Crippen LogP contribution in [0.15, 0.2) is 91.0 Å². The van der Waals surface area contributed by atoms with Gasteiger partial charge >= 0.3 is 0 Å². The molecule has 0 aliphatic rings. The second-order valence-corrected chi connectivity index (χ2v) is 8.51. The molecule has 2 heterocycles. The van der Waals surface area contributed by atoms with Gasteiger partial charge in [0.05, 0.1) is 12.5 Å². The maximum absolute atomic E-state index is 5.25. The zero-order valence-electron chi connectivity index (χ0n) is 17.8. The highest BCUT2D eigenvalue weighted by molar-refractivity contribution is 7.21. The van der Waals surface area contributed by atoms with E-state index in [9.17, 15) is 0 Å². The Morgan fingerprint density at radius 1 is 0.812 bits per heavy atom. The summed E-state index contributed by atoms with van der Waals surface area (Å²) in [5, 5.41) is 4.62. The Morgan fingerprint density at radius 2 is 1.50 bits per heavy atom. The van der Waals surface area contributed by atoms with Gasteiger partial charge in [-0.15, -0.1) is 11.3 Å². The molecule has 0 saturated heterocycles. The molecule has 158 valence electrons. The number of methoxy groups -OCH3 is 1. The van der Waals surface area contributed by atoms with E-state index in [1.165, 1.54) is 16.0 Å². The number of hydrogen-bond donors (Lipinski definition) is 1. The van der Waals surface area contributed by atoms with Crippen molar-refractivity contribution in [3.8, 4) is 27.6 Å². The number of ether oxygens (including phenoxy) is 1. The van der Waals surface area contributed by atoms with Crippen molar-refractivity contribution < 1.29 is 4.74 Å². The van der Waals surface area contributed by atoms with Crippen molar-refractivity contribution in [3.63, 3.8) is 0 Å². The molecule has 32 heavy (non-hydrogen) atoms. The normalized spacial score (nSPS) is 10.9. The Balaban J connectivity index is 1.47.